The Hall–Kier alpha value is -0.930. The van der Waals surface area contributed by atoms with Gasteiger partial charge in [-0.15, -0.1) is 0 Å². The second-order valence-electron chi connectivity index (χ2n) is 4.71. The van der Waals surface area contributed by atoms with Crippen LogP contribution in [0.4, 0.5) is 0 Å². The van der Waals surface area contributed by atoms with Crippen molar-refractivity contribution < 1.29 is 16.8 Å². The zero-order valence-electron chi connectivity index (χ0n) is 10.5. The number of aromatic amines is 1. The number of nitrogens with one attached hydrogen (secondary N) is 2. The van der Waals surface area contributed by atoms with Gasteiger partial charge in [-0.1, -0.05) is 0 Å². The first-order chi connectivity index (χ1) is 8.80. The molecule has 0 radical (unpaired) electrons. The molecule has 2 heterocycles. The maximum Gasteiger partial charge on any atom is 0.215 e. The first-order valence-electron chi connectivity index (χ1n) is 6.01. The van der Waals surface area contributed by atoms with E-state index in [2.05, 4.69) is 14.7 Å². The van der Waals surface area contributed by atoms with Crippen LogP contribution in [0, 0.1) is 0 Å². The Bertz CT molecular complexity index is 608. The van der Waals surface area contributed by atoms with Gasteiger partial charge in [0, 0.05) is 12.4 Å². The zero-order chi connectivity index (χ0) is 14.1. The van der Waals surface area contributed by atoms with E-state index < -0.39 is 31.2 Å². The summed E-state index contributed by atoms with van der Waals surface area (Å²) in [6.07, 6.45) is 3.48. The minimum absolute atomic E-state index is 0.0618. The Kier molecular flexibility index (Phi) is 3.98. The third-order valence-electron chi connectivity index (χ3n) is 3.21. The van der Waals surface area contributed by atoms with Gasteiger partial charge < -0.3 is 4.98 Å². The Labute approximate surface area is 112 Å². The van der Waals surface area contributed by atoms with Crippen LogP contribution in [0.3, 0.4) is 0 Å². The summed E-state index contributed by atoms with van der Waals surface area (Å²) in [4.78, 5) is 6.83. The molecular formula is C10H17N3O4S2. The van der Waals surface area contributed by atoms with Crippen molar-refractivity contribution in [1.82, 2.24) is 14.7 Å². The molecule has 19 heavy (non-hydrogen) atoms. The van der Waals surface area contributed by atoms with Crippen LogP contribution in [0.1, 0.15) is 31.6 Å². The van der Waals surface area contributed by atoms with Crippen molar-refractivity contribution in [3.05, 3.63) is 18.2 Å². The van der Waals surface area contributed by atoms with E-state index in [0.29, 0.717) is 5.82 Å². The molecule has 0 spiro atoms. The molecule has 1 atom stereocenters. The molecule has 2 rings (SSSR count). The second kappa shape index (κ2) is 5.22. The van der Waals surface area contributed by atoms with E-state index in [1.807, 2.05) is 0 Å². The van der Waals surface area contributed by atoms with E-state index in [4.69, 9.17) is 0 Å². The van der Waals surface area contributed by atoms with Crippen LogP contribution in [0.25, 0.3) is 0 Å². The Morgan fingerprint density at radius 3 is 2.58 bits per heavy atom. The van der Waals surface area contributed by atoms with Crippen molar-refractivity contribution in [3.63, 3.8) is 0 Å². The molecule has 7 nitrogen and oxygen atoms in total. The average molecular weight is 307 g/mol. The molecule has 1 unspecified atom stereocenters. The van der Waals surface area contributed by atoms with Gasteiger partial charge in [0.25, 0.3) is 0 Å². The van der Waals surface area contributed by atoms with Crippen molar-refractivity contribution in [3.8, 4) is 0 Å². The number of aromatic nitrogens is 2. The van der Waals surface area contributed by atoms with Gasteiger partial charge >= 0.3 is 0 Å². The van der Waals surface area contributed by atoms with Gasteiger partial charge in [0.2, 0.25) is 10.0 Å². The largest absolute Gasteiger partial charge is 0.347 e. The van der Waals surface area contributed by atoms with Crippen molar-refractivity contribution in [2.24, 2.45) is 0 Å². The highest BCUT2D eigenvalue weighted by atomic mass is 32.2. The van der Waals surface area contributed by atoms with E-state index in [-0.39, 0.29) is 24.3 Å². The van der Waals surface area contributed by atoms with E-state index in [1.165, 1.54) is 0 Å². The maximum absolute atomic E-state index is 12.2. The third-order valence-corrected chi connectivity index (χ3v) is 6.96. The summed E-state index contributed by atoms with van der Waals surface area (Å²) in [5.41, 5.74) is 0. The summed E-state index contributed by atoms with van der Waals surface area (Å²) in [6.45, 7) is 1.69. The molecule has 1 fully saturated rings. The fraction of sp³-hybridized carbons (Fsp3) is 0.700. The topological polar surface area (TPSA) is 109 Å². The van der Waals surface area contributed by atoms with E-state index >= 15 is 0 Å². The number of sulfonamides is 1. The number of hydrogen-bond acceptors (Lipinski definition) is 5. The summed E-state index contributed by atoms with van der Waals surface area (Å²) in [6, 6.07) is -0.460. The summed E-state index contributed by atoms with van der Waals surface area (Å²) in [7, 11) is -6.59. The van der Waals surface area contributed by atoms with Gasteiger partial charge in [0.15, 0.2) is 0 Å². The Morgan fingerprint density at radius 1 is 1.42 bits per heavy atom. The number of hydrogen-bond donors (Lipinski definition) is 2. The van der Waals surface area contributed by atoms with Crippen molar-refractivity contribution in [1.29, 1.82) is 0 Å². The molecule has 0 aliphatic carbocycles. The van der Waals surface area contributed by atoms with Crippen LogP contribution in [0.15, 0.2) is 12.4 Å². The number of H-pyrrole nitrogens is 1. The fourth-order valence-corrected chi connectivity index (χ4v) is 5.53. The Morgan fingerprint density at radius 2 is 2.05 bits per heavy atom. The van der Waals surface area contributed by atoms with Crippen molar-refractivity contribution in [2.45, 2.75) is 31.1 Å². The van der Waals surface area contributed by atoms with Gasteiger partial charge in [-0.05, 0) is 19.8 Å². The quantitative estimate of drug-likeness (QED) is 0.811. The highest BCUT2D eigenvalue weighted by Crippen LogP contribution is 2.20. The number of sulfone groups is 1. The fourth-order valence-electron chi connectivity index (χ4n) is 2.09. The lowest BCUT2D eigenvalue weighted by atomic mass is 10.2. The highest BCUT2D eigenvalue weighted by Gasteiger charge is 2.33. The van der Waals surface area contributed by atoms with Gasteiger partial charge in [0.1, 0.15) is 15.7 Å². The molecule has 0 saturated carbocycles. The second-order valence-corrected chi connectivity index (χ2v) is 9.01. The lowest BCUT2D eigenvalue weighted by Crippen LogP contribution is -2.40. The maximum atomic E-state index is 12.2. The van der Waals surface area contributed by atoms with Gasteiger partial charge in [-0.25, -0.2) is 26.5 Å². The summed E-state index contributed by atoms with van der Waals surface area (Å²) in [5, 5.41) is -0.645. The summed E-state index contributed by atoms with van der Waals surface area (Å²) >= 11 is 0. The molecule has 0 amide bonds. The highest BCUT2D eigenvalue weighted by molar-refractivity contribution is 7.92. The molecule has 9 heteroatoms. The molecule has 1 saturated heterocycles. The minimum Gasteiger partial charge on any atom is -0.347 e. The molecule has 1 aromatic rings. The van der Waals surface area contributed by atoms with Gasteiger partial charge in [-0.2, -0.15) is 0 Å². The van der Waals surface area contributed by atoms with Crippen LogP contribution in [-0.2, 0) is 19.9 Å². The van der Waals surface area contributed by atoms with Crippen LogP contribution in [0.2, 0.25) is 0 Å². The zero-order valence-corrected chi connectivity index (χ0v) is 12.2. The SMILES string of the molecule is CC(NS(=O)(=O)C1CCS(=O)(=O)CC1)c1ncc[nH]1. The average Bonchev–Trinajstić information content (AvgIpc) is 2.81. The van der Waals surface area contributed by atoms with Crippen molar-refractivity contribution in [2.75, 3.05) is 11.5 Å². The molecule has 0 aromatic carbocycles. The first-order valence-corrected chi connectivity index (χ1v) is 9.38. The van der Waals surface area contributed by atoms with Crippen LogP contribution >= 0.6 is 0 Å². The van der Waals surface area contributed by atoms with Crippen LogP contribution in [-0.4, -0.2) is 43.6 Å². The predicted octanol–water partition coefficient (Wildman–Crippen LogP) is -0.0327. The van der Waals surface area contributed by atoms with Crippen LogP contribution < -0.4 is 4.72 Å². The predicted molar refractivity (Wildman–Crippen MR) is 70.7 cm³/mol. The standard InChI is InChI=1S/C10H17N3O4S2/c1-8(10-11-4-5-12-10)13-19(16,17)9-2-6-18(14,15)7-3-9/h4-5,8-9,13H,2-3,6-7H2,1H3,(H,11,12). The van der Waals surface area contributed by atoms with Crippen molar-refractivity contribution >= 4 is 19.9 Å². The smallest absolute Gasteiger partial charge is 0.215 e. The molecule has 2 N–H and O–H groups in total. The molecular weight excluding hydrogens is 290 g/mol. The molecule has 1 aliphatic heterocycles. The van der Waals surface area contributed by atoms with Gasteiger partial charge in [-0.3, -0.25) is 0 Å². The number of nitrogens with zero attached hydrogens (tertiary/aromatic N) is 1. The van der Waals surface area contributed by atoms with E-state index in [1.54, 1.807) is 19.3 Å². The van der Waals surface area contributed by atoms with E-state index in [0.717, 1.165) is 0 Å². The Balaban J connectivity index is 2.03. The summed E-state index contributed by atoms with van der Waals surface area (Å²) in [5.74, 6) is 0.411. The normalized spacial score (nSPS) is 22.2. The third kappa shape index (κ3) is 3.54. The molecule has 0 bridgehead atoms. The van der Waals surface area contributed by atoms with E-state index in [9.17, 15) is 16.8 Å². The van der Waals surface area contributed by atoms with Crippen LogP contribution in [0.5, 0.6) is 0 Å². The molecule has 1 aromatic heterocycles. The van der Waals surface area contributed by atoms with Gasteiger partial charge in [0.05, 0.1) is 22.8 Å². The lowest BCUT2D eigenvalue weighted by molar-refractivity contribution is 0.529. The lowest BCUT2D eigenvalue weighted by Gasteiger charge is -2.23. The number of imidazole rings is 1. The first kappa shape index (κ1) is 14.5. The monoisotopic (exact) mass is 307 g/mol. The molecule has 108 valence electrons. The minimum atomic E-state index is -3.53. The molecule has 1 aliphatic rings. The summed E-state index contributed by atoms with van der Waals surface area (Å²) < 4.78 is 49.5. The number of rotatable bonds is 4.